The molecule has 0 unspecified atom stereocenters. The molecule has 0 saturated heterocycles. The Balaban J connectivity index is 1.75. The van der Waals surface area contributed by atoms with Gasteiger partial charge in [-0.1, -0.05) is 22.0 Å². The molecule has 0 fully saturated rings. The summed E-state index contributed by atoms with van der Waals surface area (Å²) in [6, 6.07) is 7.94. The maximum absolute atomic E-state index is 5.18. The number of methoxy groups -OCH3 is 1. The van der Waals surface area contributed by atoms with Crippen LogP contribution in [0.2, 0.25) is 0 Å². The lowest BCUT2D eigenvalue weighted by Crippen LogP contribution is -2.00. The molecule has 0 aliphatic heterocycles. The van der Waals surface area contributed by atoms with Crippen LogP contribution in [0.3, 0.4) is 0 Å². The number of benzene rings is 1. The molecular weight excluding hydrogens is 320 g/mol. The molecule has 102 valence electrons. The summed E-state index contributed by atoms with van der Waals surface area (Å²) >= 11 is 3.54. The summed E-state index contributed by atoms with van der Waals surface area (Å²) in [5.41, 5.74) is 2.90. The number of H-pyrrole nitrogens is 1. The van der Waals surface area contributed by atoms with Gasteiger partial charge >= 0.3 is 0 Å². The van der Waals surface area contributed by atoms with E-state index in [9.17, 15) is 0 Å². The smallest absolute Gasteiger partial charge is 0.155 e. The van der Waals surface area contributed by atoms with Crippen molar-refractivity contribution < 1.29 is 4.74 Å². The molecule has 2 aromatic heterocycles. The number of hydrogen-bond donors (Lipinski definition) is 2. The first-order valence-electron chi connectivity index (χ1n) is 6.11. The maximum Gasteiger partial charge on any atom is 0.155 e. The zero-order valence-electron chi connectivity index (χ0n) is 10.9. The SMILES string of the molecule is COc1ccc(CNc2cnc3[nH]ncc3c2)c(Br)c1. The van der Waals surface area contributed by atoms with Crippen molar-refractivity contribution in [2.24, 2.45) is 0 Å². The first-order chi connectivity index (χ1) is 9.76. The average molecular weight is 333 g/mol. The second-order valence-electron chi connectivity index (χ2n) is 4.34. The molecule has 20 heavy (non-hydrogen) atoms. The van der Waals surface area contributed by atoms with Crippen LogP contribution in [0, 0.1) is 0 Å². The molecule has 0 bridgehead atoms. The average Bonchev–Trinajstić information content (AvgIpc) is 2.93. The van der Waals surface area contributed by atoms with Crippen molar-refractivity contribution in [3.05, 3.63) is 46.7 Å². The zero-order valence-corrected chi connectivity index (χ0v) is 12.4. The molecule has 1 aromatic carbocycles. The first-order valence-corrected chi connectivity index (χ1v) is 6.91. The minimum atomic E-state index is 0.704. The Morgan fingerprint density at radius 3 is 3.00 bits per heavy atom. The molecular formula is C14H13BrN4O. The topological polar surface area (TPSA) is 62.8 Å². The van der Waals surface area contributed by atoms with E-state index in [1.165, 1.54) is 0 Å². The monoisotopic (exact) mass is 332 g/mol. The van der Waals surface area contributed by atoms with Gasteiger partial charge in [-0.25, -0.2) is 4.98 Å². The molecule has 0 aliphatic carbocycles. The number of ether oxygens (including phenoxy) is 1. The number of rotatable bonds is 4. The number of aromatic nitrogens is 3. The summed E-state index contributed by atoms with van der Waals surface area (Å²) in [6.45, 7) is 0.704. The van der Waals surface area contributed by atoms with Crippen LogP contribution in [0.1, 0.15) is 5.56 Å². The maximum atomic E-state index is 5.18. The van der Waals surface area contributed by atoms with E-state index in [1.807, 2.05) is 24.3 Å². The zero-order chi connectivity index (χ0) is 13.9. The molecule has 0 saturated carbocycles. The molecule has 2 N–H and O–H groups in total. The van der Waals surface area contributed by atoms with Gasteiger partial charge in [0.15, 0.2) is 5.65 Å². The molecule has 0 amide bonds. The minimum absolute atomic E-state index is 0.704. The quantitative estimate of drug-likeness (QED) is 0.769. The fraction of sp³-hybridized carbons (Fsp3) is 0.143. The van der Waals surface area contributed by atoms with E-state index in [2.05, 4.69) is 36.4 Å². The normalized spacial score (nSPS) is 10.7. The van der Waals surface area contributed by atoms with E-state index in [0.29, 0.717) is 6.54 Å². The lowest BCUT2D eigenvalue weighted by molar-refractivity contribution is 0.414. The van der Waals surface area contributed by atoms with Crippen LogP contribution in [0.25, 0.3) is 11.0 Å². The van der Waals surface area contributed by atoms with Crippen LogP contribution >= 0.6 is 15.9 Å². The summed E-state index contributed by atoms with van der Waals surface area (Å²) in [6.07, 6.45) is 3.55. The van der Waals surface area contributed by atoms with E-state index >= 15 is 0 Å². The summed E-state index contributed by atoms with van der Waals surface area (Å²) < 4.78 is 6.20. The lowest BCUT2D eigenvalue weighted by Gasteiger charge is -2.09. The summed E-state index contributed by atoms with van der Waals surface area (Å²) in [5.74, 6) is 0.835. The van der Waals surface area contributed by atoms with Crippen molar-refractivity contribution in [3.63, 3.8) is 0 Å². The van der Waals surface area contributed by atoms with Gasteiger partial charge in [0.05, 0.1) is 25.2 Å². The number of pyridine rings is 1. The van der Waals surface area contributed by atoms with Crippen molar-refractivity contribution in [2.45, 2.75) is 6.54 Å². The molecule has 0 aliphatic rings. The molecule has 3 rings (SSSR count). The fourth-order valence-electron chi connectivity index (χ4n) is 1.93. The van der Waals surface area contributed by atoms with Crippen LogP contribution < -0.4 is 10.1 Å². The number of anilines is 1. The summed E-state index contributed by atoms with van der Waals surface area (Å²) in [4.78, 5) is 4.29. The third kappa shape index (κ3) is 2.60. The lowest BCUT2D eigenvalue weighted by atomic mass is 10.2. The van der Waals surface area contributed by atoms with Gasteiger partial charge in [-0.05, 0) is 23.8 Å². The van der Waals surface area contributed by atoms with Crippen LogP contribution in [-0.4, -0.2) is 22.3 Å². The minimum Gasteiger partial charge on any atom is -0.497 e. The standard InChI is InChI=1S/C14H13BrN4O/c1-20-12-3-2-9(13(15)5-12)6-16-11-4-10-7-18-19-14(10)17-8-11/h2-5,7-8,16H,6H2,1H3,(H,17,18,19). The molecule has 0 atom stereocenters. The Hall–Kier alpha value is -2.08. The first kappa shape index (κ1) is 12.9. The van der Waals surface area contributed by atoms with Gasteiger partial charge in [0.2, 0.25) is 0 Å². The number of aromatic amines is 1. The molecule has 0 radical (unpaired) electrons. The molecule has 2 heterocycles. The summed E-state index contributed by atoms with van der Waals surface area (Å²) in [7, 11) is 1.66. The van der Waals surface area contributed by atoms with Crippen LogP contribution in [0.5, 0.6) is 5.75 Å². The third-order valence-electron chi connectivity index (χ3n) is 3.03. The number of nitrogens with one attached hydrogen (secondary N) is 2. The van der Waals surface area contributed by atoms with Crippen molar-refractivity contribution in [3.8, 4) is 5.75 Å². The van der Waals surface area contributed by atoms with E-state index in [1.54, 1.807) is 19.5 Å². The number of fused-ring (bicyclic) bond motifs is 1. The van der Waals surface area contributed by atoms with Crippen molar-refractivity contribution >= 4 is 32.7 Å². The molecule has 0 spiro atoms. The van der Waals surface area contributed by atoms with E-state index in [0.717, 1.165) is 32.5 Å². The highest BCUT2D eigenvalue weighted by Gasteiger charge is 2.03. The Bertz CT molecular complexity index is 741. The second-order valence-corrected chi connectivity index (χ2v) is 5.20. The number of halogens is 1. The third-order valence-corrected chi connectivity index (χ3v) is 3.77. The Kier molecular flexibility index (Phi) is 3.56. The van der Waals surface area contributed by atoms with Gasteiger partial charge in [0, 0.05) is 16.4 Å². The Morgan fingerprint density at radius 2 is 2.20 bits per heavy atom. The highest BCUT2D eigenvalue weighted by atomic mass is 79.9. The molecule has 3 aromatic rings. The van der Waals surface area contributed by atoms with Gasteiger partial charge < -0.3 is 10.1 Å². The van der Waals surface area contributed by atoms with Crippen molar-refractivity contribution in [1.29, 1.82) is 0 Å². The van der Waals surface area contributed by atoms with Gasteiger partial charge in [0.1, 0.15) is 5.75 Å². The van der Waals surface area contributed by atoms with E-state index in [4.69, 9.17) is 4.74 Å². The van der Waals surface area contributed by atoms with Crippen molar-refractivity contribution in [1.82, 2.24) is 15.2 Å². The number of nitrogens with zero attached hydrogens (tertiary/aromatic N) is 2. The van der Waals surface area contributed by atoms with Gasteiger partial charge in [0.25, 0.3) is 0 Å². The van der Waals surface area contributed by atoms with Crippen LogP contribution in [-0.2, 0) is 6.54 Å². The second kappa shape index (κ2) is 5.50. The highest BCUT2D eigenvalue weighted by molar-refractivity contribution is 9.10. The predicted octanol–water partition coefficient (Wildman–Crippen LogP) is 3.34. The highest BCUT2D eigenvalue weighted by Crippen LogP contribution is 2.24. The van der Waals surface area contributed by atoms with Gasteiger partial charge in [-0.3, -0.25) is 5.10 Å². The Morgan fingerprint density at radius 1 is 1.30 bits per heavy atom. The van der Waals surface area contributed by atoms with E-state index in [-0.39, 0.29) is 0 Å². The van der Waals surface area contributed by atoms with Crippen LogP contribution in [0.15, 0.2) is 41.1 Å². The number of hydrogen-bond acceptors (Lipinski definition) is 4. The molecule has 6 heteroatoms. The fourth-order valence-corrected chi connectivity index (χ4v) is 2.43. The predicted molar refractivity (Wildman–Crippen MR) is 81.9 cm³/mol. The van der Waals surface area contributed by atoms with Crippen molar-refractivity contribution in [2.75, 3.05) is 12.4 Å². The Labute approximate surface area is 124 Å². The van der Waals surface area contributed by atoms with Crippen LogP contribution in [0.4, 0.5) is 5.69 Å². The van der Waals surface area contributed by atoms with E-state index < -0.39 is 0 Å². The van der Waals surface area contributed by atoms with Gasteiger partial charge in [-0.2, -0.15) is 5.10 Å². The largest absolute Gasteiger partial charge is 0.497 e. The summed E-state index contributed by atoms with van der Waals surface area (Å²) in [5, 5.41) is 11.1. The molecule has 5 nitrogen and oxygen atoms in total. The van der Waals surface area contributed by atoms with Gasteiger partial charge in [-0.15, -0.1) is 0 Å².